The Balaban J connectivity index is 1.58. The van der Waals surface area contributed by atoms with E-state index in [4.69, 9.17) is 4.74 Å². The third kappa shape index (κ3) is 6.74. The number of amides is 1. The Morgan fingerprint density at radius 2 is 1.81 bits per heavy atom. The molecule has 7 heteroatoms. The van der Waals surface area contributed by atoms with Crippen LogP contribution < -0.4 is 10.1 Å². The van der Waals surface area contributed by atoms with Crippen molar-refractivity contribution in [1.82, 2.24) is 20.1 Å². The number of aromatic nitrogens is 3. The molecule has 1 N–H and O–H groups in total. The van der Waals surface area contributed by atoms with Crippen LogP contribution in [0.3, 0.4) is 0 Å². The Hall–Kier alpha value is -2.02. The summed E-state index contributed by atoms with van der Waals surface area (Å²) in [7, 11) is 0. The zero-order chi connectivity index (χ0) is 23.1. The van der Waals surface area contributed by atoms with E-state index in [0.717, 1.165) is 36.1 Å². The molecule has 1 fully saturated rings. The lowest BCUT2D eigenvalue weighted by molar-refractivity contribution is -0.119. The van der Waals surface area contributed by atoms with Gasteiger partial charge in [0.05, 0.1) is 5.75 Å². The topological polar surface area (TPSA) is 69.0 Å². The molecule has 0 aliphatic heterocycles. The van der Waals surface area contributed by atoms with Crippen LogP contribution in [0.15, 0.2) is 29.4 Å². The van der Waals surface area contributed by atoms with Crippen LogP contribution >= 0.6 is 11.8 Å². The maximum absolute atomic E-state index is 12.5. The number of rotatable bonds is 8. The monoisotopic (exact) mass is 458 g/mol. The molecule has 1 aliphatic rings. The zero-order valence-corrected chi connectivity index (χ0v) is 21.0. The molecule has 0 bridgehead atoms. The second-order valence-electron chi connectivity index (χ2n) is 9.66. The van der Waals surface area contributed by atoms with Crippen LogP contribution in [0.5, 0.6) is 5.75 Å². The molecule has 0 saturated heterocycles. The van der Waals surface area contributed by atoms with Gasteiger partial charge in [-0.1, -0.05) is 70.3 Å². The minimum atomic E-state index is -0.239. The molecule has 1 aromatic heterocycles. The van der Waals surface area contributed by atoms with Gasteiger partial charge < -0.3 is 14.6 Å². The van der Waals surface area contributed by atoms with Crippen molar-refractivity contribution in [2.24, 2.45) is 0 Å². The minimum Gasteiger partial charge on any atom is -0.483 e. The first kappa shape index (κ1) is 24.6. The number of nitrogens with zero attached hydrogens (tertiary/aromatic N) is 3. The number of nitrogens with one attached hydrogen (secondary N) is 1. The summed E-state index contributed by atoms with van der Waals surface area (Å²) >= 11 is 1.44. The first-order valence-electron chi connectivity index (χ1n) is 11.9. The number of carbonyl (C=O) groups is 1. The molecular weight excluding hydrogens is 420 g/mol. The van der Waals surface area contributed by atoms with E-state index in [9.17, 15) is 4.79 Å². The van der Waals surface area contributed by atoms with Gasteiger partial charge in [-0.25, -0.2) is 0 Å². The van der Waals surface area contributed by atoms with Gasteiger partial charge in [0.15, 0.2) is 17.1 Å². The van der Waals surface area contributed by atoms with Crippen molar-refractivity contribution < 1.29 is 9.53 Å². The molecule has 176 valence electrons. The molecule has 32 heavy (non-hydrogen) atoms. The standard InChI is InChI=1S/C25H38N4O2S/c1-6-29-23(18(2)31-21-15-13-19(14-16-21)25(3,4)5)27-28-24(29)32-17-22(30)26-20-11-9-7-8-10-12-20/h13-16,18,20H,6-12,17H2,1-5H3,(H,26,30). The number of thioether (sulfide) groups is 1. The van der Waals surface area contributed by atoms with Crippen molar-refractivity contribution in [3.05, 3.63) is 35.7 Å². The van der Waals surface area contributed by atoms with E-state index in [1.54, 1.807) is 0 Å². The van der Waals surface area contributed by atoms with Crippen LogP contribution in [0.4, 0.5) is 0 Å². The molecule has 1 heterocycles. The summed E-state index contributed by atoms with van der Waals surface area (Å²) < 4.78 is 8.19. The first-order chi connectivity index (χ1) is 15.3. The fraction of sp³-hybridized carbons (Fsp3) is 0.640. The van der Waals surface area contributed by atoms with Gasteiger partial charge in [0.2, 0.25) is 5.91 Å². The van der Waals surface area contributed by atoms with Crippen LogP contribution in [-0.2, 0) is 16.8 Å². The summed E-state index contributed by atoms with van der Waals surface area (Å²) in [6.45, 7) is 11.4. The molecule has 6 nitrogen and oxygen atoms in total. The predicted molar refractivity (Wildman–Crippen MR) is 130 cm³/mol. The van der Waals surface area contributed by atoms with Gasteiger partial charge in [0.1, 0.15) is 5.75 Å². The fourth-order valence-electron chi connectivity index (χ4n) is 4.12. The summed E-state index contributed by atoms with van der Waals surface area (Å²) in [6, 6.07) is 8.57. The van der Waals surface area contributed by atoms with E-state index in [2.05, 4.69) is 55.3 Å². The molecule has 1 amide bonds. The third-order valence-corrected chi connectivity index (χ3v) is 6.98. The Kier molecular flexibility index (Phi) is 8.63. The minimum absolute atomic E-state index is 0.0809. The summed E-state index contributed by atoms with van der Waals surface area (Å²) in [5.74, 6) is 2.03. The van der Waals surface area contributed by atoms with E-state index >= 15 is 0 Å². The number of hydrogen-bond acceptors (Lipinski definition) is 5. The van der Waals surface area contributed by atoms with Crippen molar-refractivity contribution >= 4 is 17.7 Å². The molecule has 1 saturated carbocycles. The van der Waals surface area contributed by atoms with E-state index < -0.39 is 0 Å². The van der Waals surface area contributed by atoms with Gasteiger partial charge >= 0.3 is 0 Å². The average Bonchev–Trinajstić information content (AvgIpc) is 3.00. The van der Waals surface area contributed by atoms with Gasteiger partial charge in [-0.15, -0.1) is 10.2 Å². The molecule has 1 aromatic carbocycles. The Morgan fingerprint density at radius 3 is 2.41 bits per heavy atom. The molecule has 2 aromatic rings. The van der Waals surface area contributed by atoms with Crippen molar-refractivity contribution in [2.75, 3.05) is 5.75 Å². The lowest BCUT2D eigenvalue weighted by Crippen LogP contribution is -2.35. The molecule has 3 rings (SSSR count). The third-order valence-electron chi connectivity index (χ3n) is 6.01. The van der Waals surface area contributed by atoms with Crippen molar-refractivity contribution in [3.8, 4) is 5.75 Å². The molecule has 0 radical (unpaired) electrons. The highest BCUT2D eigenvalue weighted by Crippen LogP contribution is 2.28. The van der Waals surface area contributed by atoms with Crippen LogP contribution in [-0.4, -0.2) is 32.5 Å². The van der Waals surface area contributed by atoms with E-state index in [1.165, 1.54) is 43.0 Å². The summed E-state index contributed by atoms with van der Waals surface area (Å²) in [4.78, 5) is 12.5. The van der Waals surface area contributed by atoms with E-state index in [0.29, 0.717) is 11.8 Å². The molecule has 1 atom stereocenters. The van der Waals surface area contributed by atoms with Gasteiger partial charge in [-0.2, -0.15) is 0 Å². The van der Waals surface area contributed by atoms with Crippen molar-refractivity contribution in [3.63, 3.8) is 0 Å². The highest BCUT2D eigenvalue weighted by atomic mass is 32.2. The molecule has 0 spiro atoms. The maximum atomic E-state index is 12.5. The molecule has 1 aliphatic carbocycles. The Morgan fingerprint density at radius 1 is 1.16 bits per heavy atom. The second kappa shape index (κ2) is 11.2. The molecule has 1 unspecified atom stereocenters. The van der Waals surface area contributed by atoms with Gasteiger partial charge in [0, 0.05) is 12.6 Å². The number of carbonyl (C=O) groups excluding carboxylic acids is 1. The summed E-state index contributed by atoms with van der Waals surface area (Å²) in [5, 5.41) is 12.7. The second-order valence-corrected chi connectivity index (χ2v) is 10.6. The average molecular weight is 459 g/mol. The number of hydrogen-bond donors (Lipinski definition) is 1. The van der Waals surface area contributed by atoms with Gasteiger partial charge in [-0.05, 0) is 49.8 Å². The lowest BCUT2D eigenvalue weighted by atomic mass is 9.87. The summed E-state index contributed by atoms with van der Waals surface area (Å²) in [6.07, 6.45) is 6.94. The zero-order valence-electron chi connectivity index (χ0n) is 20.2. The van der Waals surface area contributed by atoms with Gasteiger partial charge in [0.25, 0.3) is 0 Å². The normalized spacial score (nSPS) is 16.4. The van der Waals surface area contributed by atoms with E-state index in [1.807, 2.05) is 23.6 Å². The van der Waals surface area contributed by atoms with Crippen LogP contribution in [0.2, 0.25) is 0 Å². The van der Waals surface area contributed by atoms with Crippen LogP contribution in [0, 0.1) is 0 Å². The van der Waals surface area contributed by atoms with Crippen LogP contribution in [0.1, 0.15) is 90.6 Å². The fourth-order valence-corrected chi connectivity index (χ4v) is 4.94. The van der Waals surface area contributed by atoms with Crippen molar-refractivity contribution in [2.45, 2.75) is 102 Å². The maximum Gasteiger partial charge on any atom is 0.230 e. The number of ether oxygens (including phenoxy) is 1. The SMILES string of the molecule is CCn1c(SCC(=O)NC2CCCCCC2)nnc1C(C)Oc1ccc(C(C)(C)C)cc1. The summed E-state index contributed by atoms with van der Waals surface area (Å²) in [5.41, 5.74) is 1.39. The lowest BCUT2D eigenvalue weighted by Gasteiger charge is -2.20. The van der Waals surface area contributed by atoms with E-state index in [-0.39, 0.29) is 17.4 Å². The highest BCUT2D eigenvalue weighted by molar-refractivity contribution is 7.99. The quantitative estimate of drug-likeness (QED) is 0.408. The largest absolute Gasteiger partial charge is 0.483 e. The van der Waals surface area contributed by atoms with Gasteiger partial charge in [-0.3, -0.25) is 4.79 Å². The highest BCUT2D eigenvalue weighted by Gasteiger charge is 2.21. The van der Waals surface area contributed by atoms with Crippen LogP contribution in [0.25, 0.3) is 0 Å². The predicted octanol–water partition coefficient (Wildman–Crippen LogP) is 5.67. The Bertz CT molecular complexity index is 865. The Labute approximate surface area is 196 Å². The smallest absolute Gasteiger partial charge is 0.230 e. The number of benzene rings is 1. The first-order valence-corrected chi connectivity index (χ1v) is 12.9. The van der Waals surface area contributed by atoms with Crippen molar-refractivity contribution in [1.29, 1.82) is 0 Å². The molecular formula is C25H38N4O2S.